The first-order valence-electron chi connectivity index (χ1n) is 6.73. The molecule has 0 atom stereocenters. The van der Waals surface area contributed by atoms with Gasteiger partial charge in [-0.15, -0.1) is 0 Å². The van der Waals surface area contributed by atoms with E-state index < -0.39 is 5.97 Å². The summed E-state index contributed by atoms with van der Waals surface area (Å²) in [4.78, 5) is 10.6. The van der Waals surface area contributed by atoms with Crippen LogP contribution in [-0.2, 0) is 11.4 Å². The number of ether oxygens (including phenoxy) is 1. The Morgan fingerprint density at radius 1 is 1.38 bits per heavy atom. The van der Waals surface area contributed by atoms with Crippen molar-refractivity contribution in [3.05, 3.63) is 53.7 Å². The van der Waals surface area contributed by atoms with Gasteiger partial charge in [0.05, 0.1) is 11.7 Å². The predicted octanol–water partition coefficient (Wildman–Crippen LogP) is 3.14. The highest BCUT2D eigenvalue weighted by atomic mass is 16.5. The standard InChI is InChI=1S/C16H18N2O3/c1-12(2)18-15(10-14(17-18)8-9-16(19)20)21-11-13-6-4-3-5-7-13/h3-10,12H,11H2,1-2H3,(H,19,20)/b9-8+. The Balaban J connectivity index is 2.15. The number of benzene rings is 1. The van der Waals surface area contributed by atoms with Crippen LogP contribution in [0.3, 0.4) is 0 Å². The molecule has 0 aliphatic carbocycles. The molecule has 0 fully saturated rings. The Morgan fingerprint density at radius 3 is 2.71 bits per heavy atom. The quantitative estimate of drug-likeness (QED) is 0.829. The highest BCUT2D eigenvalue weighted by Crippen LogP contribution is 2.20. The maximum absolute atomic E-state index is 10.6. The van der Waals surface area contributed by atoms with Gasteiger partial charge in [0, 0.05) is 12.1 Å². The SMILES string of the molecule is CC(C)n1nc(/C=C/C(=O)O)cc1OCc1ccccc1. The molecule has 1 aromatic carbocycles. The fraction of sp³-hybridized carbons (Fsp3) is 0.250. The number of hydrogen-bond acceptors (Lipinski definition) is 3. The second-order valence-corrected chi connectivity index (χ2v) is 4.89. The number of carboxylic acid groups (broad SMARTS) is 1. The van der Waals surface area contributed by atoms with Crippen molar-refractivity contribution in [1.29, 1.82) is 0 Å². The first-order chi connectivity index (χ1) is 10.1. The summed E-state index contributed by atoms with van der Waals surface area (Å²) in [6, 6.07) is 11.7. The molecule has 1 heterocycles. The number of carboxylic acids is 1. The highest BCUT2D eigenvalue weighted by Gasteiger charge is 2.10. The summed E-state index contributed by atoms with van der Waals surface area (Å²) in [6.07, 6.45) is 2.52. The largest absolute Gasteiger partial charge is 0.478 e. The van der Waals surface area contributed by atoms with Gasteiger partial charge in [0.15, 0.2) is 0 Å². The van der Waals surface area contributed by atoms with Crippen LogP contribution in [0.5, 0.6) is 5.88 Å². The average Bonchev–Trinajstić information content (AvgIpc) is 2.87. The third kappa shape index (κ3) is 4.21. The number of aromatic nitrogens is 2. The Bertz CT molecular complexity index is 630. The van der Waals surface area contributed by atoms with Crippen LogP contribution in [0.15, 0.2) is 42.5 Å². The number of aliphatic carboxylic acids is 1. The first kappa shape index (κ1) is 14.8. The zero-order valence-electron chi connectivity index (χ0n) is 12.1. The zero-order valence-corrected chi connectivity index (χ0v) is 12.1. The second kappa shape index (κ2) is 6.74. The zero-order chi connectivity index (χ0) is 15.2. The van der Waals surface area contributed by atoms with E-state index in [0.29, 0.717) is 18.2 Å². The predicted molar refractivity (Wildman–Crippen MR) is 80.1 cm³/mol. The van der Waals surface area contributed by atoms with Gasteiger partial charge in [-0.3, -0.25) is 0 Å². The minimum absolute atomic E-state index is 0.128. The van der Waals surface area contributed by atoms with Crippen molar-refractivity contribution in [2.24, 2.45) is 0 Å². The molecule has 0 aliphatic rings. The van der Waals surface area contributed by atoms with E-state index in [2.05, 4.69) is 5.10 Å². The Hall–Kier alpha value is -2.56. The molecule has 5 nitrogen and oxygen atoms in total. The maximum Gasteiger partial charge on any atom is 0.328 e. The van der Waals surface area contributed by atoms with Crippen LogP contribution in [0.1, 0.15) is 31.1 Å². The van der Waals surface area contributed by atoms with E-state index in [4.69, 9.17) is 9.84 Å². The van der Waals surface area contributed by atoms with Gasteiger partial charge >= 0.3 is 5.97 Å². The molecule has 2 rings (SSSR count). The van der Waals surface area contributed by atoms with Gasteiger partial charge in [0.2, 0.25) is 5.88 Å². The molecule has 110 valence electrons. The molecule has 21 heavy (non-hydrogen) atoms. The first-order valence-corrected chi connectivity index (χ1v) is 6.73. The van der Waals surface area contributed by atoms with Crippen LogP contribution in [0.2, 0.25) is 0 Å². The summed E-state index contributed by atoms with van der Waals surface area (Å²) < 4.78 is 7.53. The molecule has 0 spiro atoms. The maximum atomic E-state index is 10.6. The van der Waals surface area contributed by atoms with E-state index in [0.717, 1.165) is 11.6 Å². The minimum atomic E-state index is -0.999. The molecule has 0 bridgehead atoms. The average molecular weight is 286 g/mol. The third-order valence-corrected chi connectivity index (χ3v) is 2.84. The molecule has 0 amide bonds. The van der Waals surface area contributed by atoms with Crippen LogP contribution in [0.25, 0.3) is 6.08 Å². The summed E-state index contributed by atoms with van der Waals surface area (Å²) in [7, 11) is 0. The smallest absolute Gasteiger partial charge is 0.328 e. The van der Waals surface area contributed by atoms with Crippen molar-refractivity contribution < 1.29 is 14.6 Å². The fourth-order valence-corrected chi connectivity index (χ4v) is 1.84. The summed E-state index contributed by atoms with van der Waals surface area (Å²) in [6.45, 7) is 4.43. The summed E-state index contributed by atoms with van der Waals surface area (Å²) in [5, 5.41) is 13.0. The van der Waals surface area contributed by atoms with Crippen molar-refractivity contribution >= 4 is 12.0 Å². The van der Waals surface area contributed by atoms with Crippen LogP contribution >= 0.6 is 0 Å². The molecule has 1 aromatic heterocycles. The Kier molecular flexibility index (Phi) is 4.77. The monoisotopic (exact) mass is 286 g/mol. The lowest BCUT2D eigenvalue weighted by molar-refractivity contribution is -0.131. The third-order valence-electron chi connectivity index (χ3n) is 2.84. The summed E-state index contributed by atoms with van der Waals surface area (Å²) in [5.74, 6) is -0.375. The van der Waals surface area contributed by atoms with Crippen molar-refractivity contribution in [3.63, 3.8) is 0 Å². The molecular weight excluding hydrogens is 268 g/mol. The van der Waals surface area contributed by atoms with Crippen LogP contribution < -0.4 is 4.74 Å². The highest BCUT2D eigenvalue weighted by molar-refractivity contribution is 5.84. The summed E-state index contributed by atoms with van der Waals surface area (Å²) >= 11 is 0. The van der Waals surface area contributed by atoms with Crippen LogP contribution in [-0.4, -0.2) is 20.9 Å². The molecular formula is C16H18N2O3. The molecule has 5 heteroatoms. The minimum Gasteiger partial charge on any atom is -0.478 e. The lowest BCUT2D eigenvalue weighted by atomic mass is 10.2. The van der Waals surface area contributed by atoms with Gasteiger partial charge in [-0.1, -0.05) is 30.3 Å². The van der Waals surface area contributed by atoms with Crippen molar-refractivity contribution in [1.82, 2.24) is 9.78 Å². The Labute approximate surface area is 123 Å². The number of nitrogens with zero attached hydrogens (tertiary/aromatic N) is 2. The number of carbonyl (C=O) groups is 1. The van der Waals surface area contributed by atoms with E-state index in [9.17, 15) is 4.79 Å². The number of rotatable bonds is 6. The second-order valence-electron chi connectivity index (χ2n) is 4.89. The lowest BCUT2D eigenvalue weighted by Crippen LogP contribution is -2.07. The van der Waals surface area contributed by atoms with Gasteiger partial charge in [-0.25, -0.2) is 9.48 Å². The Morgan fingerprint density at radius 2 is 2.10 bits per heavy atom. The molecule has 0 aliphatic heterocycles. The van der Waals surface area contributed by atoms with Crippen LogP contribution in [0, 0.1) is 0 Å². The van der Waals surface area contributed by atoms with Crippen molar-refractivity contribution in [2.75, 3.05) is 0 Å². The van der Waals surface area contributed by atoms with E-state index in [1.807, 2.05) is 44.2 Å². The molecule has 0 saturated carbocycles. The van der Waals surface area contributed by atoms with Gasteiger partial charge in [-0.05, 0) is 25.5 Å². The van der Waals surface area contributed by atoms with E-state index in [1.54, 1.807) is 10.7 Å². The normalized spacial score (nSPS) is 11.2. The molecule has 0 saturated heterocycles. The van der Waals surface area contributed by atoms with Crippen LogP contribution in [0.4, 0.5) is 0 Å². The van der Waals surface area contributed by atoms with E-state index in [-0.39, 0.29) is 6.04 Å². The molecule has 0 unspecified atom stereocenters. The fourth-order valence-electron chi connectivity index (χ4n) is 1.84. The van der Waals surface area contributed by atoms with Gasteiger partial charge < -0.3 is 9.84 Å². The van der Waals surface area contributed by atoms with Crippen molar-refractivity contribution in [2.45, 2.75) is 26.5 Å². The van der Waals surface area contributed by atoms with Gasteiger partial charge in [-0.2, -0.15) is 5.10 Å². The molecule has 0 radical (unpaired) electrons. The van der Waals surface area contributed by atoms with E-state index in [1.165, 1.54) is 6.08 Å². The van der Waals surface area contributed by atoms with E-state index >= 15 is 0 Å². The topological polar surface area (TPSA) is 64.4 Å². The summed E-state index contributed by atoms with van der Waals surface area (Å²) in [5.41, 5.74) is 1.63. The molecule has 1 N–H and O–H groups in total. The van der Waals surface area contributed by atoms with Crippen molar-refractivity contribution in [3.8, 4) is 5.88 Å². The molecule has 2 aromatic rings. The van der Waals surface area contributed by atoms with Gasteiger partial charge in [0.1, 0.15) is 6.61 Å². The van der Waals surface area contributed by atoms with Gasteiger partial charge in [0.25, 0.3) is 0 Å². The number of hydrogen-bond donors (Lipinski definition) is 1. The lowest BCUT2D eigenvalue weighted by Gasteiger charge is -2.11.